The first-order valence-electron chi connectivity index (χ1n) is 5.26. The summed E-state index contributed by atoms with van der Waals surface area (Å²) in [5.74, 6) is 0.235. The number of fused-ring (bicyclic) bond motifs is 1. The topological polar surface area (TPSA) is 53.4 Å². The number of carbonyl (C=O) groups is 1. The third kappa shape index (κ3) is 1.13. The maximum absolute atomic E-state index is 12.2. The molecule has 0 aliphatic carbocycles. The summed E-state index contributed by atoms with van der Waals surface area (Å²) in [6.45, 7) is 5.54. The van der Waals surface area contributed by atoms with Gasteiger partial charge in [-0.15, -0.1) is 0 Å². The molecule has 1 N–H and O–H groups in total. The number of rotatable bonds is 0. The zero-order chi connectivity index (χ0) is 12.1. The van der Waals surface area contributed by atoms with Gasteiger partial charge in [-0.2, -0.15) is 0 Å². The molecule has 0 aromatic carbocycles. The van der Waals surface area contributed by atoms with Crippen molar-refractivity contribution in [1.82, 2.24) is 4.98 Å². The molecule has 1 aromatic rings. The lowest BCUT2D eigenvalue weighted by atomic mass is 9.73. The van der Waals surface area contributed by atoms with Gasteiger partial charge >= 0.3 is 0 Å². The summed E-state index contributed by atoms with van der Waals surface area (Å²) < 4.78 is 0. The summed E-state index contributed by atoms with van der Waals surface area (Å²) in [7, 11) is 1.64. The summed E-state index contributed by atoms with van der Waals surface area (Å²) in [6, 6.07) is 3.50. The van der Waals surface area contributed by atoms with Gasteiger partial charge in [0.05, 0.1) is 0 Å². The van der Waals surface area contributed by atoms with Crippen molar-refractivity contribution in [2.24, 2.45) is 5.41 Å². The lowest BCUT2D eigenvalue weighted by Gasteiger charge is -2.35. The highest BCUT2D eigenvalue weighted by Crippen LogP contribution is 2.48. The third-order valence-electron chi connectivity index (χ3n) is 3.19. The summed E-state index contributed by atoms with van der Waals surface area (Å²) in [6.07, 6.45) is 1.62. The largest absolute Gasteiger partial charge is 0.375 e. The maximum Gasteiger partial charge on any atom is 0.265 e. The van der Waals surface area contributed by atoms with Crippen LogP contribution in [0.25, 0.3) is 0 Å². The number of hydrogen-bond acceptors (Lipinski definition) is 3. The number of likely N-dealkylation sites (N-methyl/N-ethyl adjacent to an activating group) is 1. The summed E-state index contributed by atoms with van der Waals surface area (Å²) >= 11 is 0. The van der Waals surface area contributed by atoms with Gasteiger partial charge in [0.15, 0.2) is 5.60 Å². The van der Waals surface area contributed by atoms with E-state index < -0.39 is 11.0 Å². The lowest BCUT2D eigenvalue weighted by Crippen LogP contribution is -2.48. The normalized spacial score (nSPS) is 24.8. The van der Waals surface area contributed by atoms with E-state index in [0.29, 0.717) is 11.4 Å². The molecule has 1 amide bonds. The molecule has 16 heavy (non-hydrogen) atoms. The molecule has 4 heteroatoms. The molecular formula is C12H16N2O2. The molecule has 0 saturated heterocycles. The van der Waals surface area contributed by atoms with Gasteiger partial charge in [0, 0.05) is 24.2 Å². The molecule has 0 saturated carbocycles. The van der Waals surface area contributed by atoms with Gasteiger partial charge in [0.1, 0.15) is 5.82 Å². The van der Waals surface area contributed by atoms with Crippen LogP contribution in [0.4, 0.5) is 5.82 Å². The van der Waals surface area contributed by atoms with Crippen molar-refractivity contribution in [2.45, 2.75) is 26.4 Å². The Morgan fingerprint density at radius 1 is 1.44 bits per heavy atom. The molecule has 0 radical (unpaired) electrons. The van der Waals surface area contributed by atoms with Gasteiger partial charge in [-0.1, -0.05) is 26.8 Å². The molecule has 0 spiro atoms. The second-order valence-corrected chi connectivity index (χ2v) is 5.20. The first-order valence-corrected chi connectivity index (χ1v) is 5.26. The van der Waals surface area contributed by atoms with Gasteiger partial charge in [0.25, 0.3) is 5.91 Å². The standard InChI is InChI=1S/C12H16N2O2/c1-11(2,3)12(16)8-6-5-7-13-9(8)14(4)10(12)15/h5-7,16H,1-4H3. The highest BCUT2D eigenvalue weighted by Gasteiger charge is 2.56. The average Bonchev–Trinajstić information content (AvgIpc) is 2.42. The van der Waals surface area contributed by atoms with E-state index in [1.54, 1.807) is 25.4 Å². The highest BCUT2D eigenvalue weighted by molar-refractivity contribution is 6.05. The minimum Gasteiger partial charge on any atom is -0.375 e. The second kappa shape index (κ2) is 3.04. The molecule has 0 bridgehead atoms. The molecule has 1 atom stereocenters. The molecule has 0 fully saturated rings. The fourth-order valence-electron chi connectivity index (χ4n) is 2.13. The fourth-order valence-corrected chi connectivity index (χ4v) is 2.13. The zero-order valence-corrected chi connectivity index (χ0v) is 9.98. The molecule has 2 heterocycles. The first kappa shape index (κ1) is 11.1. The molecule has 1 unspecified atom stereocenters. The molecule has 1 aliphatic heterocycles. The quantitative estimate of drug-likeness (QED) is 0.716. The van der Waals surface area contributed by atoms with E-state index in [1.807, 2.05) is 20.8 Å². The molecular weight excluding hydrogens is 204 g/mol. The number of amides is 1. The minimum atomic E-state index is -1.48. The minimum absolute atomic E-state index is 0.311. The van der Waals surface area contributed by atoms with E-state index in [1.165, 1.54) is 4.90 Å². The fraction of sp³-hybridized carbons (Fsp3) is 0.500. The van der Waals surface area contributed by atoms with E-state index in [4.69, 9.17) is 0 Å². The molecule has 1 aliphatic rings. The highest BCUT2D eigenvalue weighted by atomic mass is 16.3. The van der Waals surface area contributed by atoms with Crippen LogP contribution in [-0.4, -0.2) is 23.0 Å². The number of aromatic nitrogens is 1. The Morgan fingerprint density at radius 3 is 2.62 bits per heavy atom. The number of nitrogens with zero attached hydrogens (tertiary/aromatic N) is 2. The van der Waals surface area contributed by atoms with Crippen LogP contribution in [-0.2, 0) is 10.4 Å². The number of hydrogen-bond donors (Lipinski definition) is 1. The van der Waals surface area contributed by atoms with Gasteiger partial charge in [-0.25, -0.2) is 4.98 Å². The van der Waals surface area contributed by atoms with E-state index in [-0.39, 0.29) is 5.91 Å². The predicted molar refractivity (Wildman–Crippen MR) is 61.0 cm³/mol. The maximum atomic E-state index is 12.2. The second-order valence-electron chi connectivity index (χ2n) is 5.20. The van der Waals surface area contributed by atoms with Crippen LogP contribution < -0.4 is 4.90 Å². The van der Waals surface area contributed by atoms with Crippen molar-refractivity contribution >= 4 is 11.7 Å². The Kier molecular flexibility index (Phi) is 2.11. The van der Waals surface area contributed by atoms with Crippen LogP contribution in [0, 0.1) is 5.41 Å². The van der Waals surface area contributed by atoms with E-state index in [2.05, 4.69) is 4.98 Å². The monoisotopic (exact) mass is 220 g/mol. The Hall–Kier alpha value is -1.42. The third-order valence-corrected chi connectivity index (χ3v) is 3.19. The van der Waals surface area contributed by atoms with Crippen molar-refractivity contribution in [3.8, 4) is 0 Å². The molecule has 86 valence electrons. The van der Waals surface area contributed by atoms with Crippen molar-refractivity contribution in [3.63, 3.8) is 0 Å². The number of anilines is 1. The SMILES string of the molecule is CN1C(=O)C(O)(C(C)(C)C)c2cccnc21. The Morgan fingerprint density at radius 2 is 2.06 bits per heavy atom. The predicted octanol–water partition coefficient (Wildman–Crippen LogP) is 1.29. The van der Waals surface area contributed by atoms with Crippen LogP contribution >= 0.6 is 0 Å². The van der Waals surface area contributed by atoms with Gasteiger partial charge in [-0.05, 0) is 6.07 Å². The van der Waals surface area contributed by atoms with Crippen LogP contribution in [0.1, 0.15) is 26.3 Å². The number of aliphatic hydroxyl groups is 1. The van der Waals surface area contributed by atoms with Gasteiger partial charge in [-0.3, -0.25) is 9.69 Å². The van der Waals surface area contributed by atoms with Crippen molar-refractivity contribution in [1.29, 1.82) is 0 Å². The molecule has 2 rings (SSSR count). The zero-order valence-electron chi connectivity index (χ0n) is 9.98. The van der Waals surface area contributed by atoms with Gasteiger partial charge in [0.2, 0.25) is 0 Å². The van der Waals surface area contributed by atoms with Crippen LogP contribution in [0.2, 0.25) is 0 Å². The molecule has 1 aromatic heterocycles. The Bertz CT molecular complexity index is 451. The van der Waals surface area contributed by atoms with E-state index in [0.717, 1.165) is 0 Å². The van der Waals surface area contributed by atoms with Crippen molar-refractivity contribution in [2.75, 3.05) is 11.9 Å². The smallest absolute Gasteiger partial charge is 0.265 e. The molecule has 4 nitrogen and oxygen atoms in total. The number of carbonyl (C=O) groups excluding carboxylic acids is 1. The van der Waals surface area contributed by atoms with Crippen molar-refractivity contribution < 1.29 is 9.90 Å². The van der Waals surface area contributed by atoms with E-state index in [9.17, 15) is 9.90 Å². The Labute approximate surface area is 94.9 Å². The summed E-state index contributed by atoms with van der Waals surface area (Å²) in [4.78, 5) is 17.7. The van der Waals surface area contributed by atoms with Crippen molar-refractivity contribution in [3.05, 3.63) is 23.9 Å². The summed E-state index contributed by atoms with van der Waals surface area (Å²) in [5, 5.41) is 10.7. The van der Waals surface area contributed by atoms with Crippen LogP contribution in [0.15, 0.2) is 18.3 Å². The van der Waals surface area contributed by atoms with Crippen LogP contribution in [0.5, 0.6) is 0 Å². The lowest BCUT2D eigenvalue weighted by molar-refractivity contribution is -0.148. The average molecular weight is 220 g/mol. The summed E-state index contributed by atoms with van der Waals surface area (Å²) in [5.41, 5.74) is -1.45. The van der Waals surface area contributed by atoms with Crippen LogP contribution in [0.3, 0.4) is 0 Å². The first-order chi connectivity index (χ1) is 7.30. The van der Waals surface area contributed by atoms with Gasteiger partial charge < -0.3 is 5.11 Å². The Balaban J connectivity index is 2.71. The number of pyridine rings is 1. The van der Waals surface area contributed by atoms with E-state index >= 15 is 0 Å².